The monoisotopic (exact) mass is 280 g/mol. The van der Waals surface area contributed by atoms with Gasteiger partial charge in [-0.25, -0.2) is 0 Å². The van der Waals surface area contributed by atoms with Gasteiger partial charge in [0, 0.05) is 12.6 Å². The van der Waals surface area contributed by atoms with Crippen LogP contribution in [0.2, 0.25) is 0 Å². The first-order chi connectivity index (χ1) is 9.03. The van der Waals surface area contributed by atoms with Crippen molar-refractivity contribution in [3.8, 4) is 12.1 Å². The number of aliphatic hydroxyl groups is 1. The number of alkyl halides is 1. The third-order valence-corrected chi connectivity index (χ3v) is 2.64. The van der Waals surface area contributed by atoms with E-state index in [1.54, 1.807) is 12.1 Å². The highest BCUT2D eigenvalue weighted by Gasteiger charge is 2.18. The minimum atomic E-state index is -0.873. The van der Waals surface area contributed by atoms with Crippen LogP contribution in [-0.2, 0) is 0 Å². The van der Waals surface area contributed by atoms with E-state index in [1.807, 2.05) is 0 Å². The summed E-state index contributed by atoms with van der Waals surface area (Å²) in [6.45, 7) is 0.00110. The van der Waals surface area contributed by atoms with Crippen LogP contribution in [0.4, 0.5) is 11.4 Å². The van der Waals surface area contributed by atoms with Gasteiger partial charge in [0.25, 0.3) is 5.69 Å². The molecule has 7 nitrogen and oxygen atoms in total. The first-order valence-corrected chi connectivity index (χ1v) is 5.67. The molecule has 0 radical (unpaired) electrons. The molecule has 1 aromatic carbocycles. The minimum Gasteiger partial charge on any atom is -0.390 e. The van der Waals surface area contributed by atoms with Gasteiger partial charge in [-0.05, 0) is 6.07 Å². The molecule has 0 heterocycles. The van der Waals surface area contributed by atoms with Crippen molar-refractivity contribution in [3.05, 3.63) is 33.4 Å². The number of benzene rings is 1. The van der Waals surface area contributed by atoms with Crippen molar-refractivity contribution >= 4 is 23.0 Å². The van der Waals surface area contributed by atoms with E-state index in [0.29, 0.717) is 0 Å². The summed E-state index contributed by atoms with van der Waals surface area (Å²) in [7, 11) is 0. The molecule has 0 bridgehead atoms. The van der Waals surface area contributed by atoms with Gasteiger partial charge in [0.2, 0.25) is 0 Å². The number of anilines is 1. The van der Waals surface area contributed by atoms with Crippen molar-refractivity contribution < 1.29 is 10.0 Å². The second kappa shape index (κ2) is 6.55. The normalized spacial score (nSPS) is 11.2. The van der Waals surface area contributed by atoms with E-state index in [4.69, 9.17) is 22.1 Å². The summed E-state index contributed by atoms with van der Waals surface area (Å²) in [5, 5.41) is 40.5. The molecule has 2 N–H and O–H groups in total. The predicted octanol–water partition coefficient (Wildman–Crippen LogP) is 1.35. The van der Waals surface area contributed by atoms with Crippen LogP contribution in [0.15, 0.2) is 12.1 Å². The largest absolute Gasteiger partial charge is 0.390 e. The van der Waals surface area contributed by atoms with Gasteiger partial charge in [-0.2, -0.15) is 10.5 Å². The van der Waals surface area contributed by atoms with Crippen molar-refractivity contribution in [2.75, 3.05) is 17.7 Å². The quantitative estimate of drug-likeness (QED) is 0.477. The summed E-state index contributed by atoms with van der Waals surface area (Å²) in [5.74, 6) is -0.0256. The van der Waals surface area contributed by atoms with Crippen molar-refractivity contribution in [1.29, 1.82) is 10.5 Å². The van der Waals surface area contributed by atoms with Crippen molar-refractivity contribution in [2.45, 2.75) is 6.10 Å². The van der Waals surface area contributed by atoms with Crippen LogP contribution in [0, 0.1) is 32.8 Å². The van der Waals surface area contributed by atoms with Crippen molar-refractivity contribution in [2.24, 2.45) is 0 Å². The van der Waals surface area contributed by atoms with Gasteiger partial charge >= 0.3 is 0 Å². The molecular formula is C11H9ClN4O3. The maximum atomic E-state index is 10.9. The van der Waals surface area contributed by atoms with E-state index >= 15 is 0 Å². The fourth-order valence-corrected chi connectivity index (χ4v) is 1.46. The molecule has 0 aromatic heterocycles. The van der Waals surface area contributed by atoms with Crippen molar-refractivity contribution in [3.63, 3.8) is 0 Å². The number of nitro benzene ring substituents is 1. The second-order valence-electron chi connectivity index (χ2n) is 3.58. The molecule has 0 fully saturated rings. The molecular weight excluding hydrogens is 272 g/mol. The molecule has 1 atom stereocenters. The summed E-state index contributed by atoms with van der Waals surface area (Å²) < 4.78 is 0. The zero-order valence-electron chi connectivity index (χ0n) is 9.63. The fraction of sp³-hybridized carbons (Fsp3) is 0.273. The number of nitro groups is 1. The molecule has 19 heavy (non-hydrogen) atoms. The Morgan fingerprint density at radius 2 is 2.00 bits per heavy atom. The molecule has 0 saturated heterocycles. The summed E-state index contributed by atoms with van der Waals surface area (Å²) in [4.78, 5) is 10.2. The van der Waals surface area contributed by atoms with Gasteiger partial charge in [-0.1, -0.05) is 0 Å². The first kappa shape index (κ1) is 14.7. The Hall–Kier alpha value is -2.35. The number of nitrogens with one attached hydrogen (secondary N) is 1. The van der Waals surface area contributed by atoms with Gasteiger partial charge < -0.3 is 10.4 Å². The lowest BCUT2D eigenvalue weighted by atomic mass is 10.1. The van der Waals surface area contributed by atoms with Gasteiger partial charge in [0.1, 0.15) is 17.8 Å². The smallest absolute Gasteiger partial charge is 0.293 e. The topological polar surface area (TPSA) is 123 Å². The Labute approximate surface area is 113 Å². The third kappa shape index (κ3) is 3.55. The van der Waals surface area contributed by atoms with E-state index in [0.717, 1.165) is 6.07 Å². The first-order valence-electron chi connectivity index (χ1n) is 5.14. The standard InChI is InChI=1S/C11H9ClN4O3/c12-3-9(17)6-15-10-1-7(4-13)8(5-14)2-11(10)16(18)19/h1-2,9,15,17H,3,6H2. The Kier molecular flexibility index (Phi) is 5.07. The molecule has 0 amide bonds. The molecule has 0 saturated carbocycles. The molecule has 1 aromatic rings. The van der Waals surface area contributed by atoms with Crippen LogP contribution in [0.25, 0.3) is 0 Å². The lowest BCUT2D eigenvalue weighted by Gasteiger charge is -2.11. The van der Waals surface area contributed by atoms with Gasteiger partial charge in [0.15, 0.2) is 0 Å². The summed E-state index contributed by atoms with van der Waals surface area (Å²) in [6, 6.07) is 5.73. The highest BCUT2D eigenvalue weighted by atomic mass is 35.5. The lowest BCUT2D eigenvalue weighted by Crippen LogP contribution is -2.21. The van der Waals surface area contributed by atoms with Crippen LogP contribution in [-0.4, -0.2) is 28.6 Å². The van der Waals surface area contributed by atoms with Crippen LogP contribution in [0.5, 0.6) is 0 Å². The van der Waals surface area contributed by atoms with E-state index in [1.165, 1.54) is 6.07 Å². The number of aliphatic hydroxyl groups excluding tert-OH is 1. The van der Waals surface area contributed by atoms with Gasteiger partial charge in [0.05, 0.1) is 28.0 Å². The lowest BCUT2D eigenvalue weighted by molar-refractivity contribution is -0.384. The summed E-state index contributed by atoms with van der Waals surface area (Å²) in [5.41, 5.74) is -0.323. The highest BCUT2D eigenvalue weighted by Crippen LogP contribution is 2.28. The molecule has 8 heteroatoms. The van der Waals surface area contributed by atoms with Crippen molar-refractivity contribution in [1.82, 2.24) is 0 Å². The molecule has 0 aliphatic carbocycles. The van der Waals surface area contributed by atoms with Crippen LogP contribution < -0.4 is 5.32 Å². The molecule has 0 aliphatic rings. The maximum absolute atomic E-state index is 10.9. The van der Waals surface area contributed by atoms with Crippen LogP contribution >= 0.6 is 11.6 Å². The van der Waals surface area contributed by atoms with Crippen LogP contribution in [0.1, 0.15) is 11.1 Å². The van der Waals surface area contributed by atoms with E-state index in [9.17, 15) is 15.2 Å². The third-order valence-electron chi connectivity index (χ3n) is 2.28. The average Bonchev–Trinajstić information content (AvgIpc) is 2.43. The SMILES string of the molecule is N#Cc1cc(NCC(O)CCl)c([N+](=O)[O-])cc1C#N. The van der Waals surface area contributed by atoms with E-state index in [2.05, 4.69) is 5.32 Å². The number of nitriles is 2. The van der Waals surface area contributed by atoms with Gasteiger partial charge in [-0.3, -0.25) is 10.1 Å². The number of hydrogen-bond donors (Lipinski definition) is 2. The second-order valence-corrected chi connectivity index (χ2v) is 3.89. The Morgan fingerprint density at radius 1 is 1.42 bits per heavy atom. The average molecular weight is 281 g/mol. The molecule has 98 valence electrons. The zero-order chi connectivity index (χ0) is 14.4. The number of halogens is 1. The summed E-state index contributed by atoms with van der Waals surface area (Å²) >= 11 is 5.41. The minimum absolute atomic E-state index is 0.00110. The molecule has 0 aliphatic heterocycles. The van der Waals surface area contributed by atoms with E-state index < -0.39 is 11.0 Å². The summed E-state index contributed by atoms with van der Waals surface area (Å²) in [6.07, 6.45) is -0.873. The number of nitrogens with zero attached hydrogens (tertiary/aromatic N) is 3. The molecule has 0 spiro atoms. The van der Waals surface area contributed by atoms with Crippen LogP contribution in [0.3, 0.4) is 0 Å². The zero-order valence-corrected chi connectivity index (χ0v) is 10.4. The fourth-order valence-electron chi connectivity index (χ4n) is 1.35. The maximum Gasteiger partial charge on any atom is 0.293 e. The highest BCUT2D eigenvalue weighted by molar-refractivity contribution is 6.18. The Bertz CT molecular complexity index is 577. The molecule has 1 rings (SSSR count). The Balaban J connectivity index is 3.18. The van der Waals surface area contributed by atoms with E-state index in [-0.39, 0.29) is 34.9 Å². The Morgan fingerprint density at radius 3 is 2.47 bits per heavy atom. The van der Waals surface area contributed by atoms with Gasteiger partial charge in [-0.15, -0.1) is 11.6 Å². The number of rotatable bonds is 5. The number of hydrogen-bond acceptors (Lipinski definition) is 6. The molecule has 1 unspecified atom stereocenters. The predicted molar refractivity (Wildman–Crippen MR) is 67.7 cm³/mol.